The molecule has 136 valence electrons. The quantitative estimate of drug-likeness (QED) is 0.564. The monoisotopic (exact) mass is 370 g/mol. The summed E-state index contributed by atoms with van der Waals surface area (Å²) in [4.78, 5) is 0. The van der Waals surface area contributed by atoms with E-state index < -0.39 is 23.5 Å². The van der Waals surface area contributed by atoms with Crippen LogP contribution in [0.15, 0.2) is 66.7 Å². The van der Waals surface area contributed by atoms with Crippen molar-refractivity contribution in [1.82, 2.24) is 0 Å². The molecule has 3 aromatic carbocycles. The van der Waals surface area contributed by atoms with Crippen molar-refractivity contribution in [2.75, 3.05) is 0 Å². The molecule has 26 heavy (non-hydrogen) atoms. The summed E-state index contributed by atoms with van der Waals surface area (Å²) in [7, 11) is 0. The fourth-order valence-electron chi connectivity index (χ4n) is 2.86. The van der Waals surface area contributed by atoms with E-state index in [0.29, 0.717) is 23.3 Å². The van der Waals surface area contributed by atoms with Gasteiger partial charge in [0.2, 0.25) is 0 Å². The molecule has 0 spiro atoms. The zero-order valence-electron chi connectivity index (χ0n) is 13.1. The van der Waals surface area contributed by atoms with E-state index in [1.807, 2.05) is 18.2 Å². The minimum Gasteiger partial charge on any atom is -0.369 e. The number of halogens is 6. The van der Waals surface area contributed by atoms with Crippen molar-refractivity contribution in [2.45, 2.75) is 18.0 Å². The van der Waals surface area contributed by atoms with Gasteiger partial charge < -0.3 is 5.11 Å². The largest absolute Gasteiger partial charge is 0.430 e. The molecular weight excluding hydrogens is 358 g/mol. The van der Waals surface area contributed by atoms with Crippen LogP contribution >= 0.6 is 0 Å². The summed E-state index contributed by atoms with van der Waals surface area (Å²) in [6, 6.07) is 16.1. The Balaban J connectivity index is 2.11. The molecule has 3 aromatic rings. The molecule has 1 nitrogen and oxygen atoms in total. The zero-order chi connectivity index (χ0) is 19.2. The van der Waals surface area contributed by atoms with Gasteiger partial charge in [-0.25, -0.2) is 0 Å². The highest BCUT2D eigenvalue weighted by molar-refractivity contribution is 5.96. The summed E-state index contributed by atoms with van der Waals surface area (Å²) >= 11 is 0. The summed E-state index contributed by atoms with van der Waals surface area (Å²) in [5, 5.41) is 11.1. The molecule has 0 unspecified atom stereocenters. The Bertz CT molecular complexity index is 906. The Kier molecular flexibility index (Phi) is 4.23. The van der Waals surface area contributed by atoms with Gasteiger partial charge in [-0.2, -0.15) is 26.3 Å². The van der Waals surface area contributed by atoms with E-state index in [0.717, 1.165) is 22.9 Å². The molecule has 0 aliphatic carbocycles. The van der Waals surface area contributed by atoms with Crippen LogP contribution in [0.1, 0.15) is 5.56 Å². The average molecular weight is 370 g/mol. The first kappa shape index (κ1) is 18.3. The molecule has 0 saturated heterocycles. The third-order valence-corrected chi connectivity index (χ3v) is 4.22. The number of hydrogen-bond acceptors (Lipinski definition) is 1. The Hall–Kier alpha value is -2.54. The second kappa shape index (κ2) is 6.02. The first-order chi connectivity index (χ1) is 12.1. The molecule has 0 amide bonds. The van der Waals surface area contributed by atoms with Crippen molar-refractivity contribution >= 4 is 10.8 Å². The van der Waals surface area contributed by atoms with E-state index in [1.165, 1.54) is 0 Å². The van der Waals surface area contributed by atoms with Gasteiger partial charge in [0.1, 0.15) is 0 Å². The van der Waals surface area contributed by atoms with Crippen LogP contribution < -0.4 is 0 Å². The van der Waals surface area contributed by atoms with Crippen molar-refractivity contribution in [3.05, 3.63) is 72.3 Å². The van der Waals surface area contributed by atoms with Crippen LogP contribution in [-0.4, -0.2) is 17.5 Å². The molecule has 0 aliphatic rings. The minimum absolute atomic E-state index is 0.442. The molecule has 3 rings (SSSR count). The summed E-state index contributed by atoms with van der Waals surface area (Å²) in [5.41, 5.74) is -5.09. The van der Waals surface area contributed by atoms with Crippen LogP contribution in [0.25, 0.3) is 21.9 Å². The van der Waals surface area contributed by atoms with E-state index in [-0.39, 0.29) is 0 Å². The van der Waals surface area contributed by atoms with E-state index in [2.05, 4.69) is 0 Å². The van der Waals surface area contributed by atoms with Crippen molar-refractivity contribution in [3.63, 3.8) is 0 Å². The summed E-state index contributed by atoms with van der Waals surface area (Å²) in [5.74, 6) is 0. The fraction of sp³-hybridized carbons (Fsp3) is 0.158. The average Bonchev–Trinajstić information content (AvgIpc) is 2.59. The highest BCUT2D eigenvalue weighted by Gasteiger charge is 2.71. The van der Waals surface area contributed by atoms with Gasteiger partial charge in [-0.1, -0.05) is 66.7 Å². The molecule has 1 N–H and O–H groups in total. The third-order valence-electron chi connectivity index (χ3n) is 4.22. The molecular formula is C19H12F6O. The maximum atomic E-state index is 12.9. The number of alkyl halides is 6. The number of hydrogen-bond donors (Lipinski definition) is 1. The lowest BCUT2D eigenvalue weighted by atomic mass is 9.90. The summed E-state index contributed by atoms with van der Waals surface area (Å²) in [6.07, 6.45) is -11.8. The van der Waals surface area contributed by atoms with Gasteiger partial charge in [-0.15, -0.1) is 0 Å². The maximum absolute atomic E-state index is 12.9. The number of rotatable bonds is 2. The van der Waals surface area contributed by atoms with Gasteiger partial charge in [0.15, 0.2) is 0 Å². The molecule has 0 aromatic heterocycles. The molecule has 0 saturated carbocycles. The van der Waals surface area contributed by atoms with Crippen LogP contribution in [0.3, 0.4) is 0 Å². The maximum Gasteiger partial charge on any atom is 0.430 e. The van der Waals surface area contributed by atoms with E-state index in [9.17, 15) is 31.4 Å². The van der Waals surface area contributed by atoms with Gasteiger partial charge in [0.25, 0.3) is 5.60 Å². The van der Waals surface area contributed by atoms with Gasteiger partial charge in [0, 0.05) is 5.56 Å². The second-order valence-electron chi connectivity index (χ2n) is 5.81. The number of aliphatic hydroxyl groups is 1. The first-order valence-corrected chi connectivity index (χ1v) is 7.50. The molecule has 0 radical (unpaired) electrons. The standard InChI is InChI=1S/C19H12F6O/c20-18(21,22)17(26,19(23,24)25)14-10-8-13(9-11-14)16-7-3-5-12-4-1-2-6-15(12)16/h1-11,26H. The lowest BCUT2D eigenvalue weighted by molar-refractivity contribution is -0.376. The first-order valence-electron chi connectivity index (χ1n) is 7.50. The van der Waals surface area contributed by atoms with Crippen molar-refractivity contribution in [2.24, 2.45) is 0 Å². The molecule has 0 fully saturated rings. The summed E-state index contributed by atoms with van der Waals surface area (Å²) < 4.78 is 77.7. The predicted octanol–water partition coefficient (Wildman–Crippen LogP) is 5.82. The SMILES string of the molecule is OC(c1ccc(-c2cccc3ccccc23)cc1)(C(F)(F)F)C(F)(F)F. The van der Waals surface area contributed by atoms with Gasteiger partial charge in [0.05, 0.1) is 0 Å². The van der Waals surface area contributed by atoms with Gasteiger partial charge in [-0.3, -0.25) is 0 Å². The van der Waals surface area contributed by atoms with E-state index in [1.54, 1.807) is 24.3 Å². The van der Waals surface area contributed by atoms with Crippen molar-refractivity contribution < 1.29 is 31.4 Å². The van der Waals surface area contributed by atoms with Crippen molar-refractivity contribution in [1.29, 1.82) is 0 Å². The number of benzene rings is 3. The molecule has 7 heteroatoms. The lowest BCUT2D eigenvalue weighted by Crippen LogP contribution is -2.53. The molecule has 0 aliphatic heterocycles. The van der Waals surface area contributed by atoms with Crippen LogP contribution in [0, 0.1) is 0 Å². The Labute approximate surface area is 144 Å². The highest BCUT2D eigenvalue weighted by atomic mass is 19.4. The van der Waals surface area contributed by atoms with Gasteiger partial charge >= 0.3 is 12.4 Å². The van der Waals surface area contributed by atoms with Crippen molar-refractivity contribution in [3.8, 4) is 11.1 Å². The van der Waals surface area contributed by atoms with Crippen LogP contribution in [-0.2, 0) is 5.60 Å². The highest BCUT2D eigenvalue weighted by Crippen LogP contribution is 2.50. The molecule has 0 heterocycles. The topological polar surface area (TPSA) is 20.2 Å². The second-order valence-corrected chi connectivity index (χ2v) is 5.81. The number of fused-ring (bicyclic) bond motifs is 1. The Morgan fingerprint density at radius 3 is 1.73 bits per heavy atom. The van der Waals surface area contributed by atoms with Gasteiger partial charge in [-0.05, 0) is 21.9 Å². The summed E-state index contributed by atoms with van der Waals surface area (Å²) in [6.45, 7) is 0. The van der Waals surface area contributed by atoms with Crippen LogP contribution in [0.4, 0.5) is 26.3 Å². The molecule has 0 bridgehead atoms. The zero-order valence-corrected chi connectivity index (χ0v) is 13.1. The normalized spacial score (nSPS) is 13.2. The van der Waals surface area contributed by atoms with E-state index >= 15 is 0 Å². The predicted molar refractivity (Wildman–Crippen MR) is 85.4 cm³/mol. The van der Waals surface area contributed by atoms with Crippen LogP contribution in [0.5, 0.6) is 0 Å². The van der Waals surface area contributed by atoms with Crippen LogP contribution in [0.2, 0.25) is 0 Å². The smallest absolute Gasteiger partial charge is 0.369 e. The minimum atomic E-state index is -5.90. The lowest BCUT2D eigenvalue weighted by Gasteiger charge is -2.32. The Morgan fingerprint density at radius 1 is 0.615 bits per heavy atom. The Morgan fingerprint density at radius 2 is 1.15 bits per heavy atom. The third kappa shape index (κ3) is 2.82. The molecule has 0 atom stereocenters. The fourth-order valence-corrected chi connectivity index (χ4v) is 2.86. The van der Waals surface area contributed by atoms with E-state index in [4.69, 9.17) is 0 Å².